The van der Waals surface area contributed by atoms with Crippen molar-refractivity contribution in [3.8, 4) is 0 Å². The van der Waals surface area contributed by atoms with Crippen molar-refractivity contribution in [1.29, 1.82) is 0 Å². The summed E-state index contributed by atoms with van der Waals surface area (Å²) in [7, 11) is 0. The lowest BCUT2D eigenvalue weighted by molar-refractivity contribution is 0.220. The molecule has 0 saturated heterocycles. The van der Waals surface area contributed by atoms with Gasteiger partial charge in [-0.25, -0.2) is 15.0 Å². The van der Waals surface area contributed by atoms with Gasteiger partial charge in [0.2, 0.25) is 0 Å². The van der Waals surface area contributed by atoms with Gasteiger partial charge in [-0.05, 0) is 11.8 Å². The van der Waals surface area contributed by atoms with Gasteiger partial charge in [-0.2, -0.15) is 0 Å². The molecule has 2 heterocycles. The number of anilines is 1. The van der Waals surface area contributed by atoms with Crippen LogP contribution in [0, 0.1) is 5.41 Å². The maximum Gasteiger partial charge on any atom is 0.182 e. The first kappa shape index (κ1) is 11.8. The molecule has 0 aromatic carbocycles. The fourth-order valence-corrected chi connectivity index (χ4v) is 1.61. The van der Waals surface area contributed by atoms with Crippen molar-refractivity contribution in [3.05, 3.63) is 12.7 Å². The molecular formula is C11H17N5O. The molecule has 2 aromatic heterocycles. The van der Waals surface area contributed by atoms with Gasteiger partial charge in [0.05, 0.1) is 6.33 Å². The van der Waals surface area contributed by atoms with Gasteiger partial charge >= 0.3 is 0 Å². The number of aromatic nitrogens is 4. The molecule has 6 heteroatoms. The minimum absolute atomic E-state index is 0.0199. The predicted octanol–water partition coefficient (Wildman–Crippen LogP) is 1.17. The Morgan fingerprint density at radius 2 is 2.18 bits per heavy atom. The minimum Gasteiger partial charge on any atom is -0.396 e. The van der Waals surface area contributed by atoms with Crippen LogP contribution in [0.5, 0.6) is 0 Å². The summed E-state index contributed by atoms with van der Waals surface area (Å²) >= 11 is 0. The molecule has 92 valence electrons. The largest absolute Gasteiger partial charge is 0.396 e. The van der Waals surface area contributed by atoms with E-state index < -0.39 is 0 Å². The molecule has 0 bridgehead atoms. The van der Waals surface area contributed by atoms with E-state index >= 15 is 0 Å². The smallest absolute Gasteiger partial charge is 0.182 e. The molecule has 0 atom stereocenters. The summed E-state index contributed by atoms with van der Waals surface area (Å²) in [5.41, 5.74) is 1.49. The van der Waals surface area contributed by atoms with Gasteiger partial charge in [-0.15, -0.1) is 0 Å². The molecule has 2 aromatic rings. The molecule has 6 nitrogen and oxygen atoms in total. The van der Waals surface area contributed by atoms with Gasteiger partial charge in [-0.1, -0.05) is 13.8 Å². The maximum atomic E-state index is 8.97. The van der Waals surface area contributed by atoms with Crippen molar-refractivity contribution in [3.63, 3.8) is 0 Å². The van der Waals surface area contributed by atoms with Crippen LogP contribution in [0.1, 0.15) is 20.3 Å². The van der Waals surface area contributed by atoms with Crippen molar-refractivity contribution in [2.45, 2.75) is 20.3 Å². The summed E-state index contributed by atoms with van der Waals surface area (Å²) in [6, 6.07) is 0. The number of nitrogens with zero attached hydrogens (tertiary/aromatic N) is 3. The summed E-state index contributed by atoms with van der Waals surface area (Å²) in [4.78, 5) is 15.3. The van der Waals surface area contributed by atoms with Gasteiger partial charge in [0.25, 0.3) is 0 Å². The molecular weight excluding hydrogens is 218 g/mol. The number of aromatic amines is 1. The molecule has 0 radical (unpaired) electrons. The predicted molar refractivity (Wildman–Crippen MR) is 65.7 cm³/mol. The number of aliphatic hydroxyl groups is 1. The zero-order valence-electron chi connectivity index (χ0n) is 10.1. The van der Waals surface area contributed by atoms with Gasteiger partial charge in [0, 0.05) is 13.2 Å². The van der Waals surface area contributed by atoms with E-state index in [4.69, 9.17) is 5.11 Å². The zero-order valence-corrected chi connectivity index (χ0v) is 10.1. The number of rotatable bonds is 5. The van der Waals surface area contributed by atoms with E-state index in [9.17, 15) is 0 Å². The highest BCUT2D eigenvalue weighted by molar-refractivity contribution is 5.81. The number of fused-ring (bicyclic) bond motifs is 1. The van der Waals surface area contributed by atoms with Crippen LogP contribution < -0.4 is 5.32 Å². The van der Waals surface area contributed by atoms with Crippen molar-refractivity contribution in [2.24, 2.45) is 5.41 Å². The highest BCUT2D eigenvalue weighted by Crippen LogP contribution is 2.22. The van der Waals surface area contributed by atoms with Crippen LogP contribution in [0.15, 0.2) is 12.7 Å². The number of H-pyrrole nitrogens is 1. The van der Waals surface area contributed by atoms with Crippen LogP contribution in [0.25, 0.3) is 11.2 Å². The minimum atomic E-state index is 0.0199. The Balaban J connectivity index is 2.11. The maximum absolute atomic E-state index is 8.97. The molecule has 0 spiro atoms. The third-order valence-corrected chi connectivity index (χ3v) is 2.75. The summed E-state index contributed by atoms with van der Waals surface area (Å²) in [6.45, 7) is 5.12. The Kier molecular flexibility index (Phi) is 3.23. The first-order valence-corrected chi connectivity index (χ1v) is 5.61. The fourth-order valence-electron chi connectivity index (χ4n) is 1.61. The summed E-state index contributed by atoms with van der Waals surface area (Å²) < 4.78 is 0. The van der Waals surface area contributed by atoms with Gasteiger partial charge < -0.3 is 15.4 Å². The molecule has 0 aliphatic rings. The SMILES string of the molecule is CC(C)(CCO)CNc1ncnc2nc[nH]c12. The number of hydrogen-bond donors (Lipinski definition) is 3. The lowest BCUT2D eigenvalue weighted by atomic mass is 9.90. The Morgan fingerprint density at radius 1 is 1.35 bits per heavy atom. The van der Waals surface area contributed by atoms with Crippen LogP contribution in [0.4, 0.5) is 5.82 Å². The van der Waals surface area contributed by atoms with E-state index in [2.05, 4.69) is 39.1 Å². The average Bonchev–Trinajstić information content (AvgIpc) is 2.74. The third kappa shape index (κ3) is 2.71. The Hall–Kier alpha value is -1.69. The second-order valence-electron chi connectivity index (χ2n) is 4.81. The van der Waals surface area contributed by atoms with Crippen LogP contribution >= 0.6 is 0 Å². The molecule has 0 fully saturated rings. The average molecular weight is 235 g/mol. The van der Waals surface area contributed by atoms with E-state index in [0.717, 1.165) is 24.3 Å². The van der Waals surface area contributed by atoms with Crippen LogP contribution in [-0.2, 0) is 0 Å². The molecule has 0 unspecified atom stereocenters. The van der Waals surface area contributed by atoms with E-state index in [0.29, 0.717) is 5.65 Å². The molecule has 0 aliphatic carbocycles. The van der Waals surface area contributed by atoms with Gasteiger partial charge in [-0.3, -0.25) is 0 Å². The van der Waals surface area contributed by atoms with E-state index in [-0.39, 0.29) is 12.0 Å². The van der Waals surface area contributed by atoms with Gasteiger partial charge in [0.1, 0.15) is 11.8 Å². The topological polar surface area (TPSA) is 86.7 Å². The highest BCUT2D eigenvalue weighted by Gasteiger charge is 2.17. The van der Waals surface area contributed by atoms with Crippen LogP contribution in [0.2, 0.25) is 0 Å². The number of nitrogens with one attached hydrogen (secondary N) is 2. The second-order valence-corrected chi connectivity index (χ2v) is 4.81. The van der Waals surface area contributed by atoms with E-state index in [1.54, 1.807) is 6.33 Å². The second kappa shape index (κ2) is 4.67. The van der Waals surface area contributed by atoms with Crippen molar-refractivity contribution >= 4 is 17.0 Å². The quantitative estimate of drug-likeness (QED) is 0.724. The lowest BCUT2D eigenvalue weighted by Gasteiger charge is -2.24. The van der Waals surface area contributed by atoms with E-state index in [1.165, 1.54) is 6.33 Å². The number of hydrogen-bond acceptors (Lipinski definition) is 5. The number of aliphatic hydroxyl groups excluding tert-OH is 1. The first-order chi connectivity index (χ1) is 8.12. The molecule has 17 heavy (non-hydrogen) atoms. The first-order valence-electron chi connectivity index (χ1n) is 5.61. The Bertz CT molecular complexity index is 493. The Labute approximate surface area is 99.5 Å². The monoisotopic (exact) mass is 235 g/mol. The van der Waals surface area contributed by atoms with Crippen molar-refractivity contribution < 1.29 is 5.11 Å². The van der Waals surface area contributed by atoms with Crippen LogP contribution in [-0.4, -0.2) is 38.2 Å². The Morgan fingerprint density at radius 3 is 2.94 bits per heavy atom. The standard InChI is InChI=1S/C11H17N5O/c1-11(2,3-4-17)5-12-9-8-10(14-6-13-8)16-7-15-9/h6-7,17H,3-5H2,1-2H3,(H2,12,13,14,15,16). The lowest BCUT2D eigenvalue weighted by Crippen LogP contribution is -2.24. The summed E-state index contributed by atoms with van der Waals surface area (Å²) in [6.07, 6.45) is 3.84. The molecule has 0 saturated carbocycles. The highest BCUT2D eigenvalue weighted by atomic mass is 16.3. The normalized spacial score (nSPS) is 11.9. The molecule has 0 amide bonds. The van der Waals surface area contributed by atoms with Crippen molar-refractivity contribution in [2.75, 3.05) is 18.5 Å². The number of imidazole rings is 1. The third-order valence-electron chi connectivity index (χ3n) is 2.75. The van der Waals surface area contributed by atoms with Crippen LogP contribution in [0.3, 0.4) is 0 Å². The van der Waals surface area contributed by atoms with Gasteiger partial charge in [0.15, 0.2) is 11.5 Å². The molecule has 0 aliphatic heterocycles. The summed E-state index contributed by atoms with van der Waals surface area (Å²) in [5, 5.41) is 12.2. The zero-order chi connectivity index (χ0) is 12.3. The van der Waals surface area contributed by atoms with Crippen molar-refractivity contribution in [1.82, 2.24) is 19.9 Å². The fraction of sp³-hybridized carbons (Fsp3) is 0.545. The van der Waals surface area contributed by atoms with E-state index in [1.807, 2.05) is 0 Å². The molecule has 3 N–H and O–H groups in total. The summed E-state index contributed by atoms with van der Waals surface area (Å²) in [5.74, 6) is 0.749. The molecule has 2 rings (SSSR count).